The first-order valence-corrected chi connectivity index (χ1v) is 5.17. The van der Waals surface area contributed by atoms with Crippen LogP contribution in [0.4, 0.5) is 0 Å². The molecule has 15 heavy (non-hydrogen) atoms. The van der Waals surface area contributed by atoms with E-state index in [1.807, 2.05) is 29.6 Å². The molecule has 78 valence electrons. The summed E-state index contributed by atoms with van der Waals surface area (Å²) in [6.45, 7) is 0.783. The second kappa shape index (κ2) is 4.13. The highest BCUT2D eigenvalue weighted by atomic mass is 32.1. The first-order chi connectivity index (χ1) is 7.16. The van der Waals surface area contributed by atoms with Crippen molar-refractivity contribution in [2.45, 2.75) is 6.54 Å². The van der Waals surface area contributed by atoms with Gasteiger partial charge in [0.05, 0.1) is 0 Å². The molecule has 0 unspecified atom stereocenters. The van der Waals surface area contributed by atoms with Gasteiger partial charge in [-0.15, -0.1) is 0 Å². The lowest BCUT2D eigenvalue weighted by Gasteiger charge is -2.11. The first kappa shape index (κ1) is 10.3. The van der Waals surface area contributed by atoms with Crippen molar-refractivity contribution >= 4 is 23.6 Å². The van der Waals surface area contributed by atoms with Crippen molar-refractivity contribution in [2.75, 3.05) is 7.05 Å². The molecule has 0 radical (unpaired) electrons. The molecule has 0 heterocycles. The van der Waals surface area contributed by atoms with Gasteiger partial charge in [-0.1, -0.05) is 37.1 Å². The van der Waals surface area contributed by atoms with Crippen LogP contribution in [0, 0.1) is 0 Å². The van der Waals surface area contributed by atoms with Crippen LogP contribution in [0.2, 0.25) is 0 Å². The van der Waals surface area contributed by atoms with Crippen molar-refractivity contribution in [1.82, 2.24) is 4.31 Å². The number of benzene rings is 2. The van der Waals surface area contributed by atoms with E-state index in [0.29, 0.717) is 5.75 Å². The Morgan fingerprint density at radius 1 is 1.27 bits per heavy atom. The third kappa shape index (κ3) is 2.25. The fourth-order valence-electron chi connectivity index (χ4n) is 1.72. The van der Waals surface area contributed by atoms with Gasteiger partial charge in [-0.05, 0) is 35.5 Å². The second-order valence-corrected chi connectivity index (χ2v) is 4.32. The summed E-state index contributed by atoms with van der Waals surface area (Å²) in [6.07, 6.45) is 0. The van der Waals surface area contributed by atoms with Crippen molar-refractivity contribution in [2.24, 2.45) is 0 Å². The minimum Gasteiger partial charge on any atom is -0.508 e. The SMILES string of the molecule is CN(S)Cc1cccc2cc(O)ccc12. The Morgan fingerprint density at radius 2 is 2.07 bits per heavy atom. The third-order valence-electron chi connectivity index (χ3n) is 2.35. The molecule has 0 aromatic heterocycles. The van der Waals surface area contributed by atoms with Crippen LogP contribution in [0.15, 0.2) is 36.4 Å². The van der Waals surface area contributed by atoms with Crippen molar-refractivity contribution in [3.8, 4) is 5.75 Å². The number of phenols is 1. The lowest BCUT2D eigenvalue weighted by atomic mass is 10.0. The molecule has 0 saturated heterocycles. The standard InChI is InChI=1S/C12H13NOS/c1-13(15)8-10-4-2-3-9-7-11(14)5-6-12(9)10/h2-7,14-15H,8H2,1H3. The predicted molar refractivity (Wildman–Crippen MR) is 66.1 cm³/mol. The van der Waals surface area contributed by atoms with E-state index in [1.54, 1.807) is 12.1 Å². The number of fused-ring (bicyclic) bond motifs is 1. The fraction of sp³-hybridized carbons (Fsp3) is 0.167. The summed E-state index contributed by atoms with van der Waals surface area (Å²) in [5, 5.41) is 11.6. The van der Waals surface area contributed by atoms with Crippen LogP contribution in [0.3, 0.4) is 0 Å². The maximum atomic E-state index is 9.38. The molecule has 2 nitrogen and oxygen atoms in total. The largest absolute Gasteiger partial charge is 0.508 e. The molecule has 2 rings (SSSR count). The Labute approximate surface area is 94.7 Å². The topological polar surface area (TPSA) is 23.5 Å². The van der Waals surface area contributed by atoms with E-state index in [9.17, 15) is 5.11 Å². The van der Waals surface area contributed by atoms with Crippen LogP contribution in [0.25, 0.3) is 10.8 Å². The quantitative estimate of drug-likeness (QED) is 0.759. The van der Waals surface area contributed by atoms with E-state index in [4.69, 9.17) is 0 Å². The molecule has 0 amide bonds. The summed E-state index contributed by atoms with van der Waals surface area (Å²) in [5.41, 5.74) is 1.21. The molecular weight excluding hydrogens is 206 g/mol. The molecule has 0 spiro atoms. The Bertz CT molecular complexity index is 482. The lowest BCUT2D eigenvalue weighted by molar-refractivity contribution is 0.476. The average molecular weight is 219 g/mol. The third-order valence-corrected chi connectivity index (χ3v) is 2.49. The Morgan fingerprint density at radius 3 is 2.80 bits per heavy atom. The predicted octanol–water partition coefficient (Wildman–Crippen LogP) is 2.82. The zero-order valence-corrected chi connectivity index (χ0v) is 9.41. The smallest absolute Gasteiger partial charge is 0.116 e. The van der Waals surface area contributed by atoms with Gasteiger partial charge in [0.2, 0.25) is 0 Å². The van der Waals surface area contributed by atoms with E-state index < -0.39 is 0 Å². The first-order valence-electron chi connectivity index (χ1n) is 4.77. The maximum Gasteiger partial charge on any atom is 0.116 e. The maximum absolute atomic E-state index is 9.38. The van der Waals surface area contributed by atoms with E-state index in [1.165, 1.54) is 5.56 Å². The van der Waals surface area contributed by atoms with Crippen molar-refractivity contribution in [3.05, 3.63) is 42.0 Å². The van der Waals surface area contributed by atoms with Crippen LogP contribution >= 0.6 is 12.8 Å². The molecule has 3 heteroatoms. The monoisotopic (exact) mass is 219 g/mol. The van der Waals surface area contributed by atoms with Crippen LogP contribution in [0.1, 0.15) is 5.56 Å². The number of hydrogen-bond acceptors (Lipinski definition) is 3. The van der Waals surface area contributed by atoms with Gasteiger partial charge < -0.3 is 5.11 Å². The molecule has 0 aliphatic rings. The van der Waals surface area contributed by atoms with E-state index in [-0.39, 0.29) is 0 Å². The van der Waals surface area contributed by atoms with Gasteiger partial charge in [0.1, 0.15) is 5.75 Å². The summed E-state index contributed by atoms with van der Waals surface area (Å²) in [5.74, 6) is 0.305. The molecule has 0 atom stereocenters. The van der Waals surface area contributed by atoms with Crippen LogP contribution in [0.5, 0.6) is 5.75 Å². The van der Waals surface area contributed by atoms with E-state index >= 15 is 0 Å². The zero-order chi connectivity index (χ0) is 10.8. The molecular formula is C12H13NOS. The minimum atomic E-state index is 0.305. The highest BCUT2D eigenvalue weighted by molar-refractivity contribution is 7.77. The Kier molecular flexibility index (Phi) is 2.84. The van der Waals surface area contributed by atoms with Crippen LogP contribution in [-0.4, -0.2) is 16.5 Å². The normalized spacial score (nSPS) is 11.1. The summed E-state index contributed by atoms with van der Waals surface area (Å²) >= 11 is 4.24. The van der Waals surface area contributed by atoms with Crippen LogP contribution < -0.4 is 0 Å². The van der Waals surface area contributed by atoms with Crippen molar-refractivity contribution in [1.29, 1.82) is 0 Å². The molecule has 0 aliphatic heterocycles. The van der Waals surface area contributed by atoms with Crippen LogP contribution in [-0.2, 0) is 6.54 Å². The number of aromatic hydroxyl groups is 1. The average Bonchev–Trinajstić information content (AvgIpc) is 2.16. The van der Waals surface area contributed by atoms with Crippen molar-refractivity contribution < 1.29 is 5.11 Å². The highest BCUT2D eigenvalue weighted by Gasteiger charge is 2.02. The summed E-state index contributed by atoms with van der Waals surface area (Å²) in [4.78, 5) is 0. The van der Waals surface area contributed by atoms with Gasteiger partial charge >= 0.3 is 0 Å². The Balaban J connectivity index is 2.56. The molecule has 0 fully saturated rings. The number of nitrogens with zero attached hydrogens (tertiary/aromatic N) is 1. The summed E-state index contributed by atoms with van der Waals surface area (Å²) < 4.78 is 1.83. The van der Waals surface area contributed by atoms with E-state index in [2.05, 4.69) is 18.9 Å². The zero-order valence-electron chi connectivity index (χ0n) is 8.51. The van der Waals surface area contributed by atoms with Gasteiger partial charge in [0.15, 0.2) is 0 Å². The molecule has 2 aromatic carbocycles. The number of rotatable bonds is 2. The summed E-state index contributed by atoms with van der Waals surface area (Å²) in [6, 6.07) is 11.5. The van der Waals surface area contributed by atoms with Gasteiger partial charge in [-0.25, -0.2) is 0 Å². The molecule has 0 aliphatic carbocycles. The minimum absolute atomic E-state index is 0.305. The summed E-state index contributed by atoms with van der Waals surface area (Å²) in [7, 11) is 1.92. The second-order valence-electron chi connectivity index (χ2n) is 3.64. The molecule has 0 bridgehead atoms. The van der Waals surface area contributed by atoms with Gasteiger partial charge in [-0.2, -0.15) is 0 Å². The Hall–Kier alpha value is -1.19. The molecule has 1 N–H and O–H groups in total. The van der Waals surface area contributed by atoms with E-state index in [0.717, 1.165) is 17.3 Å². The highest BCUT2D eigenvalue weighted by Crippen LogP contribution is 2.24. The fourth-order valence-corrected chi connectivity index (χ4v) is 1.87. The van der Waals surface area contributed by atoms with Crippen molar-refractivity contribution in [3.63, 3.8) is 0 Å². The number of phenolic OH excluding ortho intramolecular Hbond substituents is 1. The number of hydrogen-bond donors (Lipinski definition) is 2. The van der Waals surface area contributed by atoms with Gasteiger partial charge in [-0.3, -0.25) is 4.31 Å². The number of thiol groups is 1. The van der Waals surface area contributed by atoms with Gasteiger partial charge in [0, 0.05) is 6.54 Å². The molecule has 2 aromatic rings. The molecule has 0 saturated carbocycles. The lowest BCUT2D eigenvalue weighted by Crippen LogP contribution is -2.04. The van der Waals surface area contributed by atoms with Gasteiger partial charge in [0.25, 0.3) is 0 Å².